The van der Waals surface area contributed by atoms with E-state index in [0.29, 0.717) is 11.4 Å². The molecule has 0 aliphatic heterocycles. The Labute approximate surface area is 128 Å². The lowest BCUT2D eigenvalue weighted by molar-refractivity contribution is 0.335. The molecule has 0 spiro atoms. The summed E-state index contributed by atoms with van der Waals surface area (Å²) in [6, 6.07) is 7.66. The number of nitrogens with zero attached hydrogens (tertiary/aromatic N) is 1. The van der Waals surface area contributed by atoms with E-state index in [0.717, 1.165) is 31.2 Å². The molecule has 1 unspecified atom stereocenters. The number of sulfonamides is 1. The maximum Gasteiger partial charge on any atom is 0.243 e. The topological polar surface area (TPSA) is 49.4 Å². The van der Waals surface area contributed by atoms with Gasteiger partial charge in [0.2, 0.25) is 10.0 Å². The predicted molar refractivity (Wildman–Crippen MR) is 85.7 cm³/mol. The zero-order chi connectivity index (χ0) is 15.5. The highest BCUT2D eigenvalue weighted by Crippen LogP contribution is 2.28. The number of rotatable bonds is 6. The monoisotopic (exact) mass is 310 g/mol. The molecule has 5 heteroatoms. The highest BCUT2D eigenvalue weighted by molar-refractivity contribution is 7.89. The van der Waals surface area contributed by atoms with Crippen LogP contribution in [0.15, 0.2) is 29.2 Å². The highest BCUT2D eigenvalue weighted by atomic mass is 32.2. The van der Waals surface area contributed by atoms with Crippen molar-refractivity contribution in [2.75, 3.05) is 13.6 Å². The maximum absolute atomic E-state index is 12.8. The van der Waals surface area contributed by atoms with Crippen LogP contribution in [0.25, 0.3) is 0 Å². The lowest BCUT2D eigenvalue weighted by Gasteiger charge is -2.26. The molecule has 1 aromatic rings. The first-order valence-corrected chi connectivity index (χ1v) is 9.23. The minimum Gasteiger partial charge on any atom is -0.313 e. The Bertz CT molecular complexity index is 548. The summed E-state index contributed by atoms with van der Waals surface area (Å²) in [5, 5.41) is 3.16. The Kier molecular flexibility index (Phi) is 5.41. The second-order valence-electron chi connectivity index (χ2n) is 5.73. The molecule has 0 aromatic heterocycles. The van der Waals surface area contributed by atoms with Crippen LogP contribution in [0.3, 0.4) is 0 Å². The third-order valence-electron chi connectivity index (χ3n) is 4.46. The van der Waals surface area contributed by atoms with Crippen molar-refractivity contribution in [1.29, 1.82) is 0 Å². The maximum atomic E-state index is 12.8. The van der Waals surface area contributed by atoms with Gasteiger partial charge in [-0.25, -0.2) is 8.42 Å². The summed E-state index contributed by atoms with van der Waals surface area (Å²) in [5.74, 6) is 0. The number of hydrogen-bond acceptors (Lipinski definition) is 3. The van der Waals surface area contributed by atoms with Gasteiger partial charge >= 0.3 is 0 Å². The summed E-state index contributed by atoms with van der Waals surface area (Å²) in [7, 11) is -1.47. The minimum absolute atomic E-state index is 0.177. The second kappa shape index (κ2) is 6.90. The summed E-state index contributed by atoms with van der Waals surface area (Å²) in [6.45, 7) is 4.52. The Balaban J connectivity index is 2.25. The molecule has 1 N–H and O–H groups in total. The molecule has 1 atom stereocenters. The lowest BCUT2D eigenvalue weighted by Crippen LogP contribution is -2.38. The molecule has 0 radical (unpaired) electrons. The largest absolute Gasteiger partial charge is 0.313 e. The zero-order valence-corrected chi connectivity index (χ0v) is 14.0. The van der Waals surface area contributed by atoms with Crippen molar-refractivity contribution < 1.29 is 8.42 Å². The van der Waals surface area contributed by atoms with Crippen LogP contribution in [0.2, 0.25) is 0 Å². The smallest absolute Gasteiger partial charge is 0.243 e. The minimum atomic E-state index is -3.37. The van der Waals surface area contributed by atoms with Crippen LogP contribution < -0.4 is 5.32 Å². The van der Waals surface area contributed by atoms with Gasteiger partial charge in [0, 0.05) is 18.6 Å². The molecule has 0 heterocycles. The number of hydrogen-bond donors (Lipinski definition) is 1. The Morgan fingerprint density at radius 2 is 1.81 bits per heavy atom. The first kappa shape index (κ1) is 16.5. The van der Waals surface area contributed by atoms with E-state index < -0.39 is 10.0 Å². The third kappa shape index (κ3) is 3.47. The normalized spacial score (nSPS) is 18.3. The fraction of sp³-hybridized carbons (Fsp3) is 0.625. The second-order valence-corrected chi connectivity index (χ2v) is 7.62. The first-order valence-electron chi connectivity index (χ1n) is 7.79. The summed E-state index contributed by atoms with van der Waals surface area (Å²) >= 11 is 0. The molecule has 1 fully saturated rings. The summed E-state index contributed by atoms with van der Waals surface area (Å²) in [4.78, 5) is 0.406. The van der Waals surface area contributed by atoms with Crippen LogP contribution in [0.1, 0.15) is 51.1 Å². The molecule has 1 saturated carbocycles. The lowest BCUT2D eigenvalue weighted by atomic mass is 10.1. The molecule has 0 amide bonds. The van der Waals surface area contributed by atoms with Gasteiger partial charge in [0.25, 0.3) is 0 Å². The van der Waals surface area contributed by atoms with Crippen molar-refractivity contribution in [2.45, 2.75) is 56.5 Å². The molecule has 2 rings (SSSR count). The molecule has 4 nitrogen and oxygen atoms in total. The molecular formula is C16H26N2O2S. The summed E-state index contributed by atoms with van der Waals surface area (Å²) < 4.78 is 27.3. The standard InChI is InChI=1S/C16H26N2O2S/c1-4-18(15-7-5-6-8-15)21(19,20)16-11-9-14(10-12-16)13(2)17-3/h9-13,15,17H,4-8H2,1-3H3. The van der Waals surface area contributed by atoms with E-state index in [2.05, 4.69) is 12.2 Å². The van der Waals surface area contributed by atoms with Gasteiger partial charge in [0.05, 0.1) is 4.90 Å². The zero-order valence-electron chi connectivity index (χ0n) is 13.2. The average molecular weight is 310 g/mol. The van der Waals surface area contributed by atoms with Crippen LogP contribution in [-0.2, 0) is 10.0 Å². The van der Waals surface area contributed by atoms with E-state index in [9.17, 15) is 8.42 Å². The van der Waals surface area contributed by atoms with E-state index in [4.69, 9.17) is 0 Å². The first-order chi connectivity index (χ1) is 10.0. The van der Waals surface area contributed by atoms with E-state index in [1.807, 2.05) is 26.1 Å². The SMILES string of the molecule is CCN(C1CCCC1)S(=O)(=O)c1ccc(C(C)NC)cc1. The molecule has 1 aliphatic carbocycles. The van der Waals surface area contributed by atoms with Crippen LogP contribution in [0.5, 0.6) is 0 Å². The molecule has 1 aliphatic rings. The quantitative estimate of drug-likeness (QED) is 0.879. The molecule has 1 aromatic carbocycles. The molecule has 118 valence electrons. The molecule has 0 bridgehead atoms. The van der Waals surface area contributed by atoms with Crippen LogP contribution in [-0.4, -0.2) is 32.4 Å². The average Bonchev–Trinajstić information content (AvgIpc) is 3.01. The highest BCUT2D eigenvalue weighted by Gasteiger charge is 2.31. The van der Waals surface area contributed by atoms with E-state index in [1.165, 1.54) is 0 Å². The van der Waals surface area contributed by atoms with Crippen LogP contribution in [0, 0.1) is 0 Å². The van der Waals surface area contributed by atoms with Gasteiger partial charge in [-0.05, 0) is 44.5 Å². The summed E-state index contributed by atoms with van der Waals surface area (Å²) in [6.07, 6.45) is 4.24. The molecule has 21 heavy (non-hydrogen) atoms. The van der Waals surface area contributed by atoms with Crippen molar-refractivity contribution in [3.63, 3.8) is 0 Å². The molecule has 0 saturated heterocycles. The Hall–Kier alpha value is -0.910. The van der Waals surface area contributed by atoms with Crippen molar-refractivity contribution in [3.05, 3.63) is 29.8 Å². The fourth-order valence-corrected chi connectivity index (χ4v) is 4.74. The third-order valence-corrected chi connectivity index (χ3v) is 6.51. The van der Waals surface area contributed by atoms with Crippen LogP contribution >= 0.6 is 0 Å². The van der Waals surface area contributed by atoms with E-state index >= 15 is 0 Å². The van der Waals surface area contributed by atoms with Gasteiger partial charge in [-0.15, -0.1) is 0 Å². The van der Waals surface area contributed by atoms with Gasteiger partial charge in [0.1, 0.15) is 0 Å². The van der Waals surface area contributed by atoms with E-state index in [1.54, 1.807) is 16.4 Å². The van der Waals surface area contributed by atoms with E-state index in [-0.39, 0.29) is 12.1 Å². The number of benzene rings is 1. The van der Waals surface area contributed by atoms with Gasteiger partial charge in [-0.3, -0.25) is 0 Å². The van der Waals surface area contributed by atoms with Crippen molar-refractivity contribution in [2.24, 2.45) is 0 Å². The van der Waals surface area contributed by atoms with Crippen molar-refractivity contribution in [3.8, 4) is 0 Å². The Morgan fingerprint density at radius 3 is 2.29 bits per heavy atom. The number of nitrogens with one attached hydrogen (secondary N) is 1. The Morgan fingerprint density at radius 1 is 1.24 bits per heavy atom. The van der Waals surface area contributed by atoms with Gasteiger partial charge in [-0.2, -0.15) is 4.31 Å². The fourth-order valence-electron chi connectivity index (χ4n) is 3.05. The summed E-state index contributed by atoms with van der Waals surface area (Å²) in [5.41, 5.74) is 1.10. The van der Waals surface area contributed by atoms with Gasteiger partial charge < -0.3 is 5.32 Å². The molecular weight excluding hydrogens is 284 g/mol. The van der Waals surface area contributed by atoms with Crippen molar-refractivity contribution in [1.82, 2.24) is 9.62 Å². The van der Waals surface area contributed by atoms with Crippen LogP contribution in [0.4, 0.5) is 0 Å². The van der Waals surface area contributed by atoms with Gasteiger partial charge in [0.15, 0.2) is 0 Å². The predicted octanol–water partition coefficient (Wildman–Crippen LogP) is 2.92. The van der Waals surface area contributed by atoms with Gasteiger partial charge in [-0.1, -0.05) is 31.9 Å². The van der Waals surface area contributed by atoms with Crippen molar-refractivity contribution >= 4 is 10.0 Å².